The molecule has 1 amide bonds. The molecule has 1 rings (SSSR count). The van der Waals surface area contributed by atoms with E-state index in [-0.39, 0.29) is 6.54 Å². The second kappa shape index (κ2) is 6.73. The number of amides is 1. The Bertz CT molecular complexity index is 408. The van der Waals surface area contributed by atoms with Crippen molar-refractivity contribution in [3.63, 3.8) is 0 Å². The minimum atomic E-state index is -1.17. The van der Waals surface area contributed by atoms with Gasteiger partial charge in [0.25, 0.3) is 0 Å². The Morgan fingerprint density at radius 1 is 1.28 bits per heavy atom. The van der Waals surface area contributed by atoms with Crippen LogP contribution in [0.2, 0.25) is 0 Å². The molecule has 0 spiro atoms. The van der Waals surface area contributed by atoms with Crippen LogP contribution < -0.4 is 16.8 Å². The molecule has 0 saturated heterocycles. The molecule has 0 fully saturated rings. The Kier molecular flexibility index (Phi) is 5.29. The molecule has 1 aromatic carbocycles. The van der Waals surface area contributed by atoms with Gasteiger partial charge in [-0.25, -0.2) is 4.79 Å². The number of benzene rings is 1. The van der Waals surface area contributed by atoms with E-state index in [4.69, 9.17) is 16.6 Å². The zero-order valence-electron chi connectivity index (χ0n) is 9.87. The van der Waals surface area contributed by atoms with Gasteiger partial charge in [0.05, 0.1) is 6.04 Å². The smallest absolute Gasteiger partial charge is 0.327 e. The molecule has 2 atom stereocenters. The van der Waals surface area contributed by atoms with Crippen molar-refractivity contribution in [1.29, 1.82) is 0 Å². The Balaban J connectivity index is 2.54. The summed E-state index contributed by atoms with van der Waals surface area (Å²) in [4.78, 5) is 22.4. The van der Waals surface area contributed by atoms with Gasteiger partial charge in [-0.05, 0) is 12.0 Å². The number of nitrogens with two attached hydrogens (primary N) is 2. The van der Waals surface area contributed by atoms with Crippen molar-refractivity contribution in [2.45, 2.75) is 18.5 Å². The highest BCUT2D eigenvalue weighted by atomic mass is 16.4. The van der Waals surface area contributed by atoms with Crippen LogP contribution in [0.25, 0.3) is 0 Å². The van der Waals surface area contributed by atoms with Crippen molar-refractivity contribution in [2.24, 2.45) is 11.5 Å². The summed E-state index contributed by atoms with van der Waals surface area (Å²) in [5.74, 6) is -1.69. The summed E-state index contributed by atoms with van der Waals surface area (Å²) in [6.07, 6.45) is 0.351. The van der Waals surface area contributed by atoms with Crippen LogP contribution in [0.15, 0.2) is 30.3 Å². The Hall–Kier alpha value is -1.92. The van der Waals surface area contributed by atoms with Crippen molar-refractivity contribution < 1.29 is 14.7 Å². The van der Waals surface area contributed by atoms with Gasteiger partial charge in [0.15, 0.2) is 0 Å². The lowest BCUT2D eigenvalue weighted by molar-refractivity contribution is -0.141. The third kappa shape index (κ3) is 4.15. The third-order valence-electron chi connectivity index (χ3n) is 2.49. The fraction of sp³-hybridized carbons (Fsp3) is 0.333. The summed E-state index contributed by atoms with van der Waals surface area (Å²) in [6, 6.07) is 7.37. The zero-order valence-corrected chi connectivity index (χ0v) is 9.87. The van der Waals surface area contributed by atoms with Crippen molar-refractivity contribution in [3.05, 3.63) is 35.9 Å². The van der Waals surface area contributed by atoms with E-state index < -0.39 is 24.0 Å². The average Bonchev–Trinajstić information content (AvgIpc) is 2.36. The van der Waals surface area contributed by atoms with E-state index in [0.717, 1.165) is 5.56 Å². The standard InChI is InChI=1S/C12H17N3O3/c13-7-10(12(17)18)15-11(16)9(14)6-8-4-2-1-3-5-8/h1-5,9-10H,6-7,13-14H2,(H,15,16)(H,17,18)/t9-,10-/m0/s1. The number of carbonyl (C=O) groups excluding carboxylic acids is 1. The van der Waals surface area contributed by atoms with Crippen LogP contribution in [0.3, 0.4) is 0 Å². The van der Waals surface area contributed by atoms with E-state index in [1.165, 1.54) is 0 Å². The van der Waals surface area contributed by atoms with Crippen LogP contribution in [-0.2, 0) is 16.0 Å². The summed E-state index contributed by atoms with van der Waals surface area (Å²) in [6.45, 7) is -0.168. The SMILES string of the molecule is NC[C@H](NC(=O)[C@@H](N)Cc1ccccc1)C(=O)O. The second-order valence-electron chi connectivity index (χ2n) is 3.93. The quantitative estimate of drug-likeness (QED) is 0.521. The lowest BCUT2D eigenvalue weighted by Gasteiger charge is -2.16. The molecule has 0 bridgehead atoms. The van der Waals surface area contributed by atoms with E-state index >= 15 is 0 Å². The minimum Gasteiger partial charge on any atom is -0.480 e. The van der Waals surface area contributed by atoms with Crippen LogP contribution in [0.5, 0.6) is 0 Å². The fourth-order valence-electron chi connectivity index (χ4n) is 1.46. The highest BCUT2D eigenvalue weighted by Gasteiger charge is 2.21. The summed E-state index contributed by atoms with van der Waals surface area (Å²) in [5.41, 5.74) is 11.9. The number of carboxylic acids is 1. The monoisotopic (exact) mass is 251 g/mol. The lowest BCUT2D eigenvalue weighted by atomic mass is 10.1. The first-order valence-corrected chi connectivity index (χ1v) is 5.57. The molecule has 6 heteroatoms. The van der Waals surface area contributed by atoms with Crippen LogP contribution in [0.1, 0.15) is 5.56 Å². The van der Waals surface area contributed by atoms with Crippen LogP contribution in [0.4, 0.5) is 0 Å². The lowest BCUT2D eigenvalue weighted by Crippen LogP contribution is -2.51. The second-order valence-corrected chi connectivity index (χ2v) is 3.93. The molecule has 0 aliphatic heterocycles. The summed E-state index contributed by atoms with van der Waals surface area (Å²) in [7, 11) is 0. The number of aliphatic carboxylic acids is 1. The van der Waals surface area contributed by atoms with E-state index in [0.29, 0.717) is 6.42 Å². The summed E-state index contributed by atoms with van der Waals surface area (Å²) in [5, 5.41) is 11.1. The van der Waals surface area contributed by atoms with Gasteiger partial charge in [0, 0.05) is 6.54 Å². The van der Waals surface area contributed by atoms with Gasteiger partial charge in [-0.1, -0.05) is 30.3 Å². The van der Waals surface area contributed by atoms with E-state index in [9.17, 15) is 9.59 Å². The molecular weight excluding hydrogens is 234 g/mol. The molecule has 18 heavy (non-hydrogen) atoms. The van der Waals surface area contributed by atoms with Crippen molar-refractivity contribution in [2.75, 3.05) is 6.54 Å². The zero-order chi connectivity index (χ0) is 13.5. The molecule has 0 heterocycles. The summed E-state index contributed by atoms with van der Waals surface area (Å²) < 4.78 is 0. The molecule has 98 valence electrons. The third-order valence-corrected chi connectivity index (χ3v) is 2.49. The largest absolute Gasteiger partial charge is 0.480 e. The van der Waals surface area contributed by atoms with Gasteiger partial charge in [-0.15, -0.1) is 0 Å². The number of carbonyl (C=O) groups is 2. The predicted molar refractivity (Wildman–Crippen MR) is 66.7 cm³/mol. The van der Waals surface area contributed by atoms with Crippen molar-refractivity contribution in [1.82, 2.24) is 5.32 Å². The minimum absolute atomic E-state index is 0.168. The fourth-order valence-corrected chi connectivity index (χ4v) is 1.46. The number of hydrogen-bond acceptors (Lipinski definition) is 4. The van der Waals surface area contributed by atoms with E-state index in [2.05, 4.69) is 5.32 Å². The molecule has 0 aliphatic carbocycles. The van der Waals surface area contributed by atoms with Crippen LogP contribution in [-0.4, -0.2) is 35.6 Å². The molecule has 6 nitrogen and oxygen atoms in total. The maximum absolute atomic E-state index is 11.7. The molecule has 0 aromatic heterocycles. The first-order valence-electron chi connectivity index (χ1n) is 5.57. The Morgan fingerprint density at radius 2 is 1.89 bits per heavy atom. The van der Waals surface area contributed by atoms with Gasteiger partial charge in [-0.2, -0.15) is 0 Å². The maximum Gasteiger partial charge on any atom is 0.327 e. The molecular formula is C12H17N3O3. The number of nitrogens with one attached hydrogen (secondary N) is 1. The highest BCUT2D eigenvalue weighted by molar-refractivity contribution is 5.87. The molecule has 0 aliphatic rings. The van der Waals surface area contributed by atoms with E-state index in [1.54, 1.807) is 0 Å². The van der Waals surface area contributed by atoms with Crippen molar-refractivity contribution >= 4 is 11.9 Å². The van der Waals surface area contributed by atoms with Crippen LogP contribution >= 0.6 is 0 Å². The predicted octanol–water partition coefficient (Wildman–Crippen LogP) is -0.915. The molecule has 0 unspecified atom stereocenters. The maximum atomic E-state index is 11.7. The molecule has 0 radical (unpaired) electrons. The topological polar surface area (TPSA) is 118 Å². The number of carboxylic acid groups (broad SMARTS) is 1. The molecule has 0 saturated carbocycles. The van der Waals surface area contributed by atoms with Gasteiger partial charge in [-0.3, -0.25) is 4.79 Å². The molecule has 6 N–H and O–H groups in total. The van der Waals surface area contributed by atoms with E-state index in [1.807, 2.05) is 30.3 Å². The number of rotatable bonds is 6. The summed E-state index contributed by atoms with van der Waals surface area (Å²) >= 11 is 0. The van der Waals surface area contributed by atoms with Crippen molar-refractivity contribution in [3.8, 4) is 0 Å². The first-order chi connectivity index (χ1) is 8.54. The van der Waals surface area contributed by atoms with Gasteiger partial charge in [0.2, 0.25) is 5.91 Å². The Labute approximate surface area is 105 Å². The number of hydrogen-bond donors (Lipinski definition) is 4. The average molecular weight is 251 g/mol. The first kappa shape index (κ1) is 14.1. The Morgan fingerprint density at radius 3 is 2.39 bits per heavy atom. The van der Waals surface area contributed by atoms with Gasteiger partial charge in [0.1, 0.15) is 6.04 Å². The van der Waals surface area contributed by atoms with Gasteiger partial charge >= 0.3 is 5.97 Å². The van der Waals surface area contributed by atoms with Crippen LogP contribution in [0, 0.1) is 0 Å². The normalized spacial score (nSPS) is 13.7. The molecule has 1 aromatic rings. The van der Waals surface area contributed by atoms with Gasteiger partial charge < -0.3 is 21.9 Å². The highest BCUT2D eigenvalue weighted by Crippen LogP contribution is 2.02.